The molecule has 2 nitrogen and oxygen atoms in total. The van der Waals surface area contributed by atoms with Crippen molar-refractivity contribution in [3.05, 3.63) is 29.8 Å². The highest BCUT2D eigenvalue weighted by Crippen LogP contribution is 2.31. The van der Waals surface area contributed by atoms with Crippen LogP contribution in [-0.4, -0.2) is 11.5 Å². The first-order valence-corrected chi connectivity index (χ1v) is 7.23. The van der Waals surface area contributed by atoms with Gasteiger partial charge < -0.3 is 0 Å². The van der Waals surface area contributed by atoms with E-state index in [0.29, 0.717) is 0 Å². The summed E-state index contributed by atoms with van der Waals surface area (Å²) in [5.41, 5.74) is -0.882. The zero-order valence-electron chi connectivity index (χ0n) is 7.50. The quantitative estimate of drug-likeness (QED) is 0.734. The molecule has 0 unspecified atom stereocenters. The van der Waals surface area contributed by atoms with Crippen LogP contribution < -0.4 is 0 Å². The Balaban J connectivity index is 3.15. The Kier molecular flexibility index (Phi) is 4.07. The Morgan fingerprint density at radius 1 is 1.06 bits per heavy atom. The summed E-state index contributed by atoms with van der Waals surface area (Å²) >= 11 is 5.59. The van der Waals surface area contributed by atoms with Gasteiger partial charge in [0.2, 0.25) is 9.84 Å². The van der Waals surface area contributed by atoms with Crippen molar-refractivity contribution in [2.45, 2.75) is 14.1 Å². The molecular formula is C8H5Br2F3O2S. The third kappa shape index (κ3) is 2.98. The van der Waals surface area contributed by atoms with Crippen molar-refractivity contribution < 1.29 is 21.6 Å². The molecule has 90 valence electrons. The van der Waals surface area contributed by atoms with Gasteiger partial charge in [-0.3, -0.25) is 0 Å². The molecule has 0 spiro atoms. The Bertz CT molecular complexity index is 465. The summed E-state index contributed by atoms with van der Waals surface area (Å²) in [5, 5.41) is 0. The van der Waals surface area contributed by atoms with E-state index in [2.05, 4.69) is 31.9 Å². The van der Waals surface area contributed by atoms with E-state index in [1.165, 1.54) is 0 Å². The number of hydrogen-bond donors (Lipinski definition) is 0. The number of alkyl halides is 5. The number of hydrogen-bond acceptors (Lipinski definition) is 2. The zero-order valence-corrected chi connectivity index (χ0v) is 11.5. The smallest absolute Gasteiger partial charge is 0.222 e. The normalized spacial score (nSPS) is 13.1. The van der Waals surface area contributed by atoms with Crippen LogP contribution >= 0.6 is 31.9 Å². The predicted molar refractivity (Wildman–Crippen MR) is 60.3 cm³/mol. The van der Waals surface area contributed by atoms with Crippen molar-refractivity contribution >= 4 is 41.7 Å². The molecule has 0 aliphatic carbocycles. The van der Waals surface area contributed by atoms with Crippen LogP contribution in [0.25, 0.3) is 0 Å². The van der Waals surface area contributed by atoms with Gasteiger partial charge in [-0.05, 0) is 24.3 Å². The van der Waals surface area contributed by atoms with Gasteiger partial charge in [-0.25, -0.2) is 8.42 Å². The van der Waals surface area contributed by atoms with Crippen LogP contribution in [0.15, 0.2) is 29.2 Å². The van der Waals surface area contributed by atoms with Crippen molar-refractivity contribution in [2.75, 3.05) is 0 Å². The van der Waals surface area contributed by atoms with Gasteiger partial charge in [0.1, 0.15) is 0 Å². The zero-order chi connectivity index (χ0) is 12.6. The number of benzene rings is 1. The van der Waals surface area contributed by atoms with Gasteiger partial charge >= 0.3 is 6.18 Å². The van der Waals surface area contributed by atoms with E-state index in [0.717, 1.165) is 24.3 Å². The maximum absolute atomic E-state index is 12.2. The maximum Gasteiger partial charge on any atom is 0.416 e. The standard InChI is InChI=1S/C8H5Br2F3O2S/c9-7(10)16(14,15)6-3-1-5(2-4-6)8(11,12)13/h1-4,7H. The lowest BCUT2D eigenvalue weighted by molar-refractivity contribution is -0.137. The first-order valence-electron chi connectivity index (χ1n) is 3.85. The fourth-order valence-electron chi connectivity index (χ4n) is 0.936. The highest BCUT2D eigenvalue weighted by Gasteiger charge is 2.31. The van der Waals surface area contributed by atoms with Gasteiger partial charge in [-0.1, -0.05) is 31.9 Å². The molecule has 0 aromatic heterocycles. The van der Waals surface area contributed by atoms with Crippen molar-refractivity contribution in [3.63, 3.8) is 0 Å². The second kappa shape index (κ2) is 4.66. The molecule has 0 aliphatic heterocycles. The molecule has 0 saturated heterocycles. The second-order valence-electron chi connectivity index (χ2n) is 2.83. The topological polar surface area (TPSA) is 34.1 Å². The molecule has 0 bridgehead atoms. The Hall–Kier alpha value is -0.0800. The lowest BCUT2D eigenvalue weighted by Crippen LogP contribution is -2.10. The van der Waals surface area contributed by atoms with E-state index in [9.17, 15) is 21.6 Å². The largest absolute Gasteiger partial charge is 0.416 e. The average Bonchev–Trinajstić information content (AvgIpc) is 2.16. The van der Waals surface area contributed by atoms with Gasteiger partial charge in [0, 0.05) is 0 Å². The summed E-state index contributed by atoms with van der Waals surface area (Å²) in [4.78, 5) is -0.181. The lowest BCUT2D eigenvalue weighted by atomic mass is 10.2. The number of sulfone groups is 1. The van der Waals surface area contributed by atoms with E-state index in [1.807, 2.05) is 0 Å². The Labute approximate surface area is 107 Å². The van der Waals surface area contributed by atoms with E-state index in [4.69, 9.17) is 0 Å². The van der Waals surface area contributed by atoms with Gasteiger partial charge in [-0.15, -0.1) is 0 Å². The monoisotopic (exact) mass is 380 g/mol. The predicted octanol–water partition coefficient (Wildman–Crippen LogP) is 3.55. The van der Waals surface area contributed by atoms with Gasteiger partial charge in [0.05, 0.1) is 10.5 Å². The highest BCUT2D eigenvalue weighted by molar-refractivity contribution is 9.27. The van der Waals surface area contributed by atoms with Crippen LogP contribution in [0.2, 0.25) is 0 Å². The molecule has 0 N–H and O–H groups in total. The van der Waals surface area contributed by atoms with Crippen LogP contribution in [0.1, 0.15) is 5.56 Å². The molecule has 0 saturated carbocycles. The molecular weight excluding hydrogens is 377 g/mol. The fraction of sp³-hybridized carbons (Fsp3) is 0.250. The molecule has 0 radical (unpaired) electrons. The van der Waals surface area contributed by atoms with Crippen molar-refractivity contribution in [2.24, 2.45) is 0 Å². The summed E-state index contributed by atoms with van der Waals surface area (Å²) in [6.07, 6.45) is -4.47. The second-order valence-corrected chi connectivity index (χ2v) is 9.13. The van der Waals surface area contributed by atoms with Crippen LogP contribution in [0.5, 0.6) is 0 Å². The first kappa shape index (κ1) is 14.0. The minimum Gasteiger partial charge on any atom is -0.222 e. The molecule has 16 heavy (non-hydrogen) atoms. The third-order valence-corrected chi connectivity index (χ3v) is 6.10. The molecule has 1 aromatic rings. The first-order chi connectivity index (χ1) is 7.15. The lowest BCUT2D eigenvalue weighted by Gasteiger charge is -2.08. The van der Waals surface area contributed by atoms with Crippen LogP contribution in [0.4, 0.5) is 13.2 Å². The average molecular weight is 382 g/mol. The SMILES string of the molecule is O=S(=O)(c1ccc(C(F)(F)F)cc1)C(Br)Br. The Morgan fingerprint density at radius 3 is 1.81 bits per heavy atom. The summed E-state index contributed by atoms with van der Waals surface area (Å²) in [6, 6.07) is 3.31. The summed E-state index contributed by atoms with van der Waals surface area (Å²) < 4.78 is 58.6. The molecule has 0 amide bonds. The molecule has 1 aromatic carbocycles. The summed E-state index contributed by atoms with van der Waals surface area (Å²) in [6.45, 7) is 0. The third-order valence-electron chi connectivity index (χ3n) is 1.74. The van der Waals surface area contributed by atoms with E-state index in [-0.39, 0.29) is 4.90 Å². The fourth-order valence-corrected chi connectivity index (χ4v) is 2.95. The van der Waals surface area contributed by atoms with Gasteiger partial charge in [-0.2, -0.15) is 13.2 Å². The number of rotatable bonds is 2. The molecule has 0 atom stereocenters. The molecule has 0 aliphatic rings. The molecule has 0 heterocycles. The molecule has 8 heteroatoms. The van der Waals surface area contributed by atoms with Crippen LogP contribution in [0, 0.1) is 0 Å². The minimum atomic E-state index is -4.47. The van der Waals surface area contributed by atoms with Crippen molar-refractivity contribution in [3.8, 4) is 0 Å². The maximum atomic E-state index is 12.2. The van der Waals surface area contributed by atoms with Gasteiger partial charge in [0.15, 0.2) is 3.07 Å². The summed E-state index contributed by atoms with van der Waals surface area (Å²) in [7, 11) is -3.67. The van der Waals surface area contributed by atoms with Crippen LogP contribution in [0.3, 0.4) is 0 Å². The van der Waals surface area contributed by atoms with Crippen molar-refractivity contribution in [1.29, 1.82) is 0 Å². The minimum absolute atomic E-state index is 0.181. The van der Waals surface area contributed by atoms with Gasteiger partial charge in [0.25, 0.3) is 0 Å². The van der Waals surface area contributed by atoms with Crippen molar-refractivity contribution in [1.82, 2.24) is 0 Å². The van der Waals surface area contributed by atoms with E-state index >= 15 is 0 Å². The summed E-state index contributed by atoms with van der Waals surface area (Å²) in [5.74, 6) is 0. The van der Waals surface area contributed by atoms with E-state index < -0.39 is 24.6 Å². The molecule has 0 fully saturated rings. The van der Waals surface area contributed by atoms with Crippen LogP contribution in [-0.2, 0) is 16.0 Å². The highest BCUT2D eigenvalue weighted by atomic mass is 79.9. The van der Waals surface area contributed by atoms with E-state index in [1.54, 1.807) is 0 Å². The molecule has 1 rings (SSSR count). The number of halogens is 5. The Morgan fingerprint density at radius 2 is 1.50 bits per heavy atom.